The van der Waals surface area contributed by atoms with E-state index in [9.17, 15) is 0 Å². The van der Waals surface area contributed by atoms with Crippen molar-refractivity contribution in [1.29, 1.82) is 0 Å². The maximum Gasteiger partial charge on any atom is 0.119 e. The van der Waals surface area contributed by atoms with Crippen molar-refractivity contribution < 1.29 is 9.57 Å². The first-order chi connectivity index (χ1) is 6.36. The molecule has 1 aromatic carbocycles. The molecule has 13 heavy (non-hydrogen) atoms. The Morgan fingerprint density at radius 3 is 2.38 bits per heavy atom. The van der Waals surface area contributed by atoms with Gasteiger partial charge in [0, 0.05) is 0 Å². The lowest BCUT2D eigenvalue weighted by Gasteiger charge is -2.05. The highest BCUT2D eigenvalue weighted by molar-refractivity contribution is 5.27. The molecule has 0 saturated heterocycles. The van der Waals surface area contributed by atoms with Crippen molar-refractivity contribution in [2.75, 3.05) is 13.2 Å². The second-order valence-electron chi connectivity index (χ2n) is 2.72. The van der Waals surface area contributed by atoms with Gasteiger partial charge in [-0.2, -0.15) is 0 Å². The summed E-state index contributed by atoms with van der Waals surface area (Å²) in [6.07, 6.45) is 1.05. The molecule has 0 unspecified atom stereocenters. The summed E-state index contributed by atoms with van der Waals surface area (Å²) in [6, 6.07) is 8.02. The van der Waals surface area contributed by atoms with Gasteiger partial charge >= 0.3 is 0 Å². The van der Waals surface area contributed by atoms with E-state index in [0.29, 0.717) is 13.2 Å². The van der Waals surface area contributed by atoms with Gasteiger partial charge in [-0.05, 0) is 24.1 Å². The van der Waals surface area contributed by atoms with Crippen LogP contribution in [0, 0.1) is 0 Å². The van der Waals surface area contributed by atoms with Gasteiger partial charge in [-0.15, -0.1) is 0 Å². The SMILES string of the molecule is CCc1ccc(OCCON)cc1. The summed E-state index contributed by atoms with van der Waals surface area (Å²) in [7, 11) is 0. The highest BCUT2D eigenvalue weighted by Crippen LogP contribution is 2.11. The third kappa shape index (κ3) is 3.44. The Hall–Kier alpha value is -1.06. The van der Waals surface area contributed by atoms with E-state index in [1.807, 2.05) is 12.1 Å². The van der Waals surface area contributed by atoms with Crippen LogP contribution in [0.5, 0.6) is 5.75 Å². The molecular weight excluding hydrogens is 166 g/mol. The number of aryl methyl sites for hydroxylation is 1. The zero-order valence-corrected chi connectivity index (χ0v) is 7.82. The predicted molar refractivity (Wildman–Crippen MR) is 51.5 cm³/mol. The van der Waals surface area contributed by atoms with Crippen LogP contribution in [0.2, 0.25) is 0 Å². The molecule has 0 aliphatic heterocycles. The lowest BCUT2D eigenvalue weighted by Crippen LogP contribution is -2.09. The first kappa shape index (κ1) is 10.0. The lowest BCUT2D eigenvalue weighted by atomic mass is 10.2. The molecular formula is C10H15NO2. The number of nitrogens with two attached hydrogens (primary N) is 1. The molecule has 0 fully saturated rings. The van der Waals surface area contributed by atoms with Crippen LogP contribution in [-0.4, -0.2) is 13.2 Å². The van der Waals surface area contributed by atoms with Crippen molar-refractivity contribution in [3.05, 3.63) is 29.8 Å². The van der Waals surface area contributed by atoms with Crippen molar-refractivity contribution in [3.8, 4) is 5.75 Å². The maximum atomic E-state index is 5.34. The van der Waals surface area contributed by atoms with Crippen molar-refractivity contribution in [2.45, 2.75) is 13.3 Å². The Bertz CT molecular complexity index is 233. The van der Waals surface area contributed by atoms with Crippen molar-refractivity contribution in [2.24, 2.45) is 5.90 Å². The summed E-state index contributed by atoms with van der Waals surface area (Å²) in [5.74, 6) is 5.71. The molecule has 0 saturated carbocycles. The van der Waals surface area contributed by atoms with E-state index in [1.54, 1.807) is 0 Å². The van der Waals surface area contributed by atoms with Gasteiger partial charge in [-0.25, -0.2) is 5.90 Å². The molecule has 3 nitrogen and oxygen atoms in total. The minimum atomic E-state index is 0.412. The zero-order valence-electron chi connectivity index (χ0n) is 7.82. The second-order valence-corrected chi connectivity index (χ2v) is 2.72. The smallest absolute Gasteiger partial charge is 0.119 e. The fourth-order valence-corrected chi connectivity index (χ4v) is 1.03. The molecule has 72 valence electrons. The largest absolute Gasteiger partial charge is 0.491 e. The van der Waals surface area contributed by atoms with Gasteiger partial charge in [0.1, 0.15) is 19.0 Å². The minimum Gasteiger partial charge on any atom is -0.491 e. The molecule has 0 atom stereocenters. The fraction of sp³-hybridized carbons (Fsp3) is 0.400. The maximum absolute atomic E-state index is 5.34. The third-order valence-electron chi connectivity index (χ3n) is 1.80. The third-order valence-corrected chi connectivity index (χ3v) is 1.80. The van der Waals surface area contributed by atoms with Crippen molar-refractivity contribution in [1.82, 2.24) is 0 Å². The predicted octanol–water partition coefficient (Wildman–Crippen LogP) is 1.52. The van der Waals surface area contributed by atoms with Crippen molar-refractivity contribution in [3.63, 3.8) is 0 Å². The van der Waals surface area contributed by atoms with Gasteiger partial charge in [0.15, 0.2) is 0 Å². The molecule has 0 spiro atoms. The Balaban J connectivity index is 2.40. The molecule has 0 heterocycles. The van der Waals surface area contributed by atoms with E-state index >= 15 is 0 Å². The molecule has 0 aromatic heterocycles. The van der Waals surface area contributed by atoms with Crippen LogP contribution in [0.1, 0.15) is 12.5 Å². The minimum absolute atomic E-state index is 0.412. The van der Waals surface area contributed by atoms with Crippen molar-refractivity contribution >= 4 is 0 Å². The average Bonchev–Trinajstić information content (AvgIpc) is 2.19. The molecule has 0 aliphatic carbocycles. The fourth-order valence-electron chi connectivity index (χ4n) is 1.03. The molecule has 0 bridgehead atoms. The van der Waals surface area contributed by atoms with Gasteiger partial charge in [0.25, 0.3) is 0 Å². The van der Waals surface area contributed by atoms with Crippen LogP contribution in [-0.2, 0) is 11.3 Å². The number of rotatable bonds is 5. The highest BCUT2D eigenvalue weighted by Gasteiger charge is 1.93. The molecule has 3 heteroatoms. The first-order valence-corrected chi connectivity index (χ1v) is 4.40. The quantitative estimate of drug-likeness (QED) is 0.553. The topological polar surface area (TPSA) is 44.5 Å². The standard InChI is InChI=1S/C10H15NO2/c1-2-9-3-5-10(6-4-9)12-7-8-13-11/h3-6H,2,7-8,11H2,1H3. The van der Waals surface area contributed by atoms with E-state index in [0.717, 1.165) is 12.2 Å². The van der Waals surface area contributed by atoms with Gasteiger partial charge in [0.05, 0.1) is 0 Å². The molecule has 1 rings (SSSR count). The normalized spacial score (nSPS) is 10.0. The second kappa shape index (κ2) is 5.56. The van der Waals surface area contributed by atoms with Crippen LogP contribution in [0.4, 0.5) is 0 Å². The number of benzene rings is 1. The van der Waals surface area contributed by atoms with Crippen LogP contribution in [0.25, 0.3) is 0 Å². The first-order valence-electron chi connectivity index (χ1n) is 4.40. The molecule has 0 radical (unpaired) electrons. The summed E-state index contributed by atoms with van der Waals surface area (Å²) >= 11 is 0. The average molecular weight is 181 g/mol. The van der Waals surface area contributed by atoms with Gasteiger partial charge in [-0.3, -0.25) is 0 Å². The summed E-state index contributed by atoms with van der Waals surface area (Å²) in [4.78, 5) is 4.38. The summed E-state index contributed by atoms with van der Waals surface area (Å²) in [5, 5.41) is 0. The van der Waals surface area contributed by atoms with E-state index in [-0.39, 0.29) is 0 Å². The Labute approximate surface area is 78.4 Å². The number of hydrogen-bond donors (Lipinski definition) is 1. The lowest BCUT2D eigenvalue weighted by molar-refractivity contribution is 0.102. The molecule has 0 aliphatic rings. The Morgan fingerprint density at radius 2 is 1.85 bits per heavy atom. The summed E-state index contributed by atoms with van der Waals surface area (Å²) in [5.41, 5.74) is 1.31. The monoisotopic (exact) mass is 181 g/mol. The number of hydrogen-bond acceptors (Lipinski definition) is 3. The highest BCUT2D eigenvalue weighted by atomic mass is 16.6. The van der Waals surface area contributed by atoms with E-state index in [1.165, 1.54) is 5.56 Å². The van der Waals surface area contributed by atoms with Crippen LogP contribution in [0.15, 0.2) is 24.3 Å². The molecule has 0 amide bonds. The van der Waals surface area contributed by atoms with Crippen LogP contribution < -0.4 is 10.6 Å². The molecule has 2 N–H and O–H groups in total. The summed E-state index contributed by atoms with van der Waals surface area (Å²) in [6.45, 7) is 3.02. The van der Waals surface area contributed by atoms with E-state index < -0.39 is 0 Å². The van der Waals surface area contributed by atoms with Crippen LogP contribution >= 0.6 is 0 Å². The van der Waals surface area contributed by atoms with Gasteiger partial charge in [0.2, 0.25) is 0 Å². The number of ether oxygens (including phenoxy) is 1. The van der Waals surface area contributed by atoms with E-state index in [4.69, 9.17) is 10.6 Å². The van der Waals surface area contributed by atoms with Gasteiger partial charge in [-0.1, -0.05) is 19.1 Å². The Morgan fingerprint density at radius 1 is 1.15 bits per heavy atom. The Kier molecular flexibility index (Phi) is 4.29. The summed E-state index contributed by atoms with van der Waals surface area (Å²) < 4.78 is 5.34. The van der Waals surface area contributed by atoms with Crippen LogP contribution in [0.3, 0.4) is 0 Å². The van der Waals surface area contributed by atoms with Gasteiger partial charge < -0.3 is 9.57 Å². The van der Waals surface area contributed by atoms with E-state index in [2.05, 4.69) is 23.9 Å². The molecule has 1 aromatic rings. The zero-order chi connectivity index (χ0) is 9.52.